The standard InChI is InChI=1S/C20H31N3O4S/c1-16-6-4-5-13-23(16)20(24)17-7-9-18(10-8-17)27-19-11-14-22(15-12-19)28(25,26)21(2)3/h7-10,16,19H,4-6,11-15H2,1-3H3/t16-/m1/s1. The zero-order chi connectivity index (χ0) is 20.3. The van der Waals surface area contributed by atoms with Gasteiger partial charge in [0, 0.05) is 45.3 Å². The predicted molar refractivity (Wildman–Crippen MR) is 109 cm³/mol. The average molecular weight is 410 g/mol. The Bertz CT molecular complexity index is 771. The molecule has 7 nitrogen and oxygen atoms in total. The van der Waals surface area contributed by atoms with E-state index in [1.807, 2.05) is 29.2 Å². The molecule has 0 N–H and O–H groups in total. The molecule has 2 fully saturated rings. The molecule has 3 rings (SSSR count). The Balaban J connectivity index is 1.55. The summed E-state index contributed by atoms with van der Waals surface area (Å²) in [4.78, 5) is 14.7. The van der Waals surface area contributed by atoms with Gasteiger partial charge in [0.15, 0.2) is 0 Å². The normalized spacial score (nSPS) is 22.4. The average Bonchev–Trinajstić information content (AvgIpc) is 2.69. The van der Waals surface area contributed by atoms with E-state index < -0.39 is 10.2 Å². The van der Waals surface area contributed by atoms with Crippen molar-refractivity contribution in [2.45, 2.75) is 51.2 Å². The van der Waals surface area contributed by atoms with Gasteiger partial charge in [-0.15, -0.1) is 0 Å². The number of carbonyl (C=O) groups excluding carboxylic acids is 1. The molecular weight excluding hydrogens is 378 g/mol. The highest BCUT2D eigenvalue weighted by atomic mass is 32.2. The Labute approximate surface area is 168 Å². The summed E-state index contributed by atoms with van der Waals surface area (Å²) >= 11 is 0. The van der Waals surface area contributed by atoms with E-state index in [-0.39, 0.29) is 12.0 Å². The first-order valence-corrected chi connectivity index (χ1v) is 11.4. The number of piperidine rings is 2. The van der Waals surface area contributed by atoms with E-state index >= 15 is 0 Å². The Kier molecular flexibility index (Phi) is 6.62. The lowest BCUT2D eigenvalue weighted by Crippen LogP contribution is -2.46. The highest BCUT2D eigenvalue weighted by Gasteiger charge is 2.30. The molecule has 0 aromatic heterocycles. The van der Waals surface area contributed by atoms with Crippen molar-refractivity contribution in [3.63, 3.8) is 0 Å². The van der Waals surface area contributed by atoms with Crippen molar-refractivity contribution in [2.24, 2.45) is 0 Å². The fourth-order valence-electron chi connectivity index (χ4n) is 3.85. The van der Waals surface area contributed by atoms with E-state index in [4.69, 9.17) is 4.74 Å². The smallest absolute Gasteiger partial charge is 0.281 e. The van der Waals surface area contributed by atoms with Crippen molar-refractivity contribution in [3.8, 4) is 5.75 Å². The molecule has 1 atom stereocenters. The highest BCUT2D eigenvalue weighted by Crippen LogP contribution is 2.23. The molecular formula is C20H31N3O4S. The predicted octanol–water partition coefficient (Wildman–Crippen LogP) is 2.35. The minimum atomic E-state index is -3.36. The summed E-state index contributed by atoms with van der Waals surface area (Å²) in [5.74, 6) is 0.804. The number of likely N-dealkylation sites (tertiary alicyclic amines) is 1. The third kappa shape index (κ3) is 4.67. The molecule has 2 aliphatic heterocycles. The lowest BCUT2D eigenvalue weighted by molar-refractivity contribution is 0.0635. The monoisotopic (exact) mass is 409 g/mol. The van der Waals surface area contributed by atoms with Crippen LogP contribution in [0, 0.1) is 0 Å². The van der Waals surface area contributed by atoms with Gasteiger partial charge in [-0.05, 0) is 63.3 Å². The summed E-state index contributed by atoms with van der Waals surface area (Å²) in [6.45, 7) is 3.84. The van der Waals surface area contributed by atoms with Crippen molar-refractivity contribution < 1.29 is 17.9 Å². The molecule has 2 saturated heterocycles. The van der Waals surface area contributed by atoms with E-state index in [2.05, 4.69) is 6.92 Å². The molecule has 0 radical (unpaired) electrons. The molecule has 0 bridgehead atoms. The maximum absolute atomic E-state index is 12.7. The number of hydrogen-bond acceptors (Lipinski definition) is 4. The number of nitrogens with zero attached hydrogens (tertiary/aromatic N) is 3. The molecule has 1 aromatic rings. The number of ether oxygens (including phenoxy) is 1. The highest BCUT2D eigenvalue weighted by molar-refractivity contribution is 7.86. The fraction of sp³-hybridized carbons (Fsp3) is 0.650. The van der Waals surface area contributed by atoms with Crippen molar-refractivity contribution in [1.82, 2.24) is 13.5 Å². The van der Waals surface area contributed by atoms with Crippen LogP contribution in [0.15, 0.2) is 24.3 Å². The zero-order valence-electron chi connectivity index (χ0n) is 17.0. The van der Waals surface area contributed by atoms with Gasteiger partial charge >= 0.3 is 0 Å². The van der Waals surface area contributed by atoms with Gasteiger partial charge in [-0.25, -0.2) is 0 Å². The SMILES string of the molecule is C[C@@H]1CCCCN1C(=O)c1ccc(OC2CCN(S(=O)(=O)N(C)C)CC2)cc1. The second-order valence-electron chi connectivity index (χ2n) is 7.87. The third-order valence-corrected chi connectivity index (χ3v) is 7.60. The summed E-state index contributed by atoms with van der Waals surface area (Å²) in [6.07, 6.45) is 4.61. The Hall–Kier alpha value is -1.64. The summed E-state index contributed by atoms with van der Waals surface area (Å²) < 4.78 is 33.1. The van der Waals surface area contributed by atoms with E-state index in [1.54, 1.807) is 14.1 Å². The Morgan fingerprint density at radius 2 is 1.68 bits per heavy atom. The molecule has 2 aliphatic rings. The molecule has 2 heterocycles. The van der Waals surface area contributed by atoms with Crippen LogP contribution in [0.2, 0.25) is 0 Å². The van der Waals surface area contributed by atoms with E-state index in [9.17, 15) is 13.2 Å². The van der Waals surface area contributed by atoms with Crippen LogP contribution in [0.1, 0.15) is 49.4 Å². The van der Waals surface area contributed by atoms with E-state index in [0.29, 0.717) is 37.5 Å². The van der Waals surface area contributed by atoms with Crippen molar-refractivity contribution in [2.75, 3.05) is 33.7 Å². The van der Waals surface area contributed by atoms with Crippen LogP contribution in [0.3, 0.4) is 0 Å². The first kappa shape index (κ1) is 21.1. The largest absolute Gasteiger partial charge is 0.490 e. The number of rotatable bonds is 5. The maximum atomic E-state index is 12.7. The maximum Gasteiger partial charge on any atom is 0.281 e. The summed E-state index contributed by atoms with van der Waals surface area (Å²) in [6, 6.07) is 7.62. The Morgan fingerprint density at radius 3 is 2.25 bits per heavy atom. The first-order chi connectivity index (χ1) is 13.3. The summed E-state index contributed by atoms with van der Waals surface area (Å²) in [7, 11) is -0.264. The number of carbonyl (C=O) groups is 1. The van der Waals surface area contributed by atoms with Crippen molar-refractivity contribution in [1.29, 1.82) is 0 Å². The van der Waals surface area contributed by atoms with Crippen molar-refractivity contribution in [3.05, 3.63) is 29.8 Å². The van der Waals surface area contributed by atoms with Crippen molar-refractivity contribution >= 4 is 16.1 Å². The van der Waals surface area contributed by atoms with Crippen LogP contribution in [-0.2, 0) is 10.2 Å². The van der Waals surface area contributed by atoms with Crippen LogP contribution in [0.5, 0.6) is 5.75 Å². The molecule has 156 valence electrons. The zero-order valence-corrected chi connectivity index (χ0v) is 17.8. The van der Waals surface area contributed by atoms with Gasteiger partial charge in [-0.3, -0.25) is 4.79 Å². The Morgan fingerprint density at radius 1 is 1.04 bits per heavy atom. The van der Waals surface area contributed by atoms with Crippen LogP contribution >= 0.6 is 0 Å². The molecule has 0 saturated carbocycles. The quantitative estimate of drug-likeness (QED) is 0.749. The van der Waals surface area contributed by atoms with Gasteiger partial charge in [0.25, 0.3) is 16.1 Å². The van der Waals surface area contributed by atoms with Gasteiger partial charge in [0.2, 0.25) is 0 Å². The van der Waals surface area contributed by atoms with Gasteiger partial charge in [0.1, 0.15) is 11.9 Å². The number of benzene rings is 1. The summed E-state index contributed by atoms with van der Waals surface area (Å²) in [5.41, 5.74) is 0.688. The van der Waals surface area contributed by atoms with Gasteiger partial charge in [-0.2, -0.15) is 17.0 Å². The fourth-order valence-corrected chi connectivity index (χ4v) is 4.98. The van der Waals surface area contributed by atoms with Gasteiger partial charge in [-0.1, -0.05) is 0 Å². The van der Waals surface area contributed by atoms with E-state index in [0.717, 1.165) is 25.1 Å². The second-order valence-corrected chi connectivity index (χ2v) is 10.0. The van der Waals surface area contributed by atoms with E-state index in [1.165, 1.54) is 15.0 Å². The van der Waals surface area contributed by atoms with Crippen LogP contribution in [-0.4, -0.2) is 73.7 Å². The van der Waals surface area contributed by atoms with Crippen LogP contribution < -0.4 is 4.74 Å². The van der Waals surface area contributed by atoms with Crippen LogP contribution in [0.25, 0.3) is 0 Å². The topological polar surface area (TPSA) is 70.2 Å². The molecule has 1 aromatic carbocycles. The lowest BCUT2D eigenvalue weighted by Gasteiger charge is -2.33. The molecule has 0 unspecified atom stereocenters. The number of hydrogen-bond donors (Lipinski definition) is 0. The molecule has 1 amide bonds. The molecule has 8 heteroatoms. The molecule has 0 aliphatic carbocycles. The first-order valence-electron chi connectivity index (χ1n) is 10.0. The summed E-state index contributed by atoms with van der Waals surface area (Å²) in [5, 5.41) is 0. The third-order valence-electron chi connectivity index (χ3n) is 5.66. The second kappa shape index (κ2) is 8.80. The minimum Gasteiger partial charge on any atom is -0.490 e. The number of amides is 1. The molecule has 0 spiro atoms. The minimum absolute atomic E-state index is 0.0164. The molecule has 28 heavy (non-hydrogen) atoms. The van der Waals surface area contributed by atoms with Crippen LogP contribution in [0.4, 0.5) is 0 Å². The lowest BCUT2D eigenvalue weighted by atomic mass is 10.0. The van der Waals surface area contributed by atoms with Gasteiger partial charge < -0.3 is 9.64 Å². The van der Waals surface area contributed by atoms with Gasteiger partial charge in [0.05, 0.1) is 0 Å².